The maximum atomic E-state index is 2.37. The van der Waals surface area contributed by atoms with Gasteiger partial charge in [0.25, 0.3) is 0 Å². The van der Waals surface area contributed by atoms with Crippen molar-refractivity contribution in [2.45, 2.75) is 12.8 Å². The lowest BCUT2D eigenvalue weighted by Crippen LogP contribution is -1.96. The number of hydrogen-bond acceptors (Lipinski definition) is 0. The predicted molar refractivity (Wildman–Crippen MR) is 32.3 cm³/mol. The lowest BCUT2D eigenvalue weighted by molar-refractivity contribution is 0.949. The average Bonchev–Trinajstić information content (AvgIpc) is 1.86. The molecule has 1 saturated heterocycles. The highest BCUT2D eigenvalue weighted by Gasteiger charge is 2.16. The van der Waals surface area contributed by atoms with E-state index in [0.29, 0.717) is 0 Å². The van der Waals surface area contributed by atoms with Crippen LogP contribution in [0.5, 0.6) is 0 Å². The molecule has 1 aliphatic rings. The van der Waals surface area contributed by atoms with Crippen LogP contribution in [0, 0.1) is 0 Å². The molecule has 0 amide bonds. The zero-order valence-electron chi connectivity index (χ0n) is 4.24. The summed E-state index contributed by atoms with van der Waals surface area (Å²) in [6.07, 6.45) is 5.37. The Morgan fingerprint density at radius 2 is 1.67 bits per heavy atom. The van der Waals surface area contributed by atoms with Gasteiger partial charge in [0.15, 0.2) is 0 Å². The third kappa shape index (κ3) is 0.904. The molecule has 1 heteroatoms. The molecule has 0 aromatic heterocycles. The van der Waals surface area contributed by atoms with Crippen molar-refractivity contribution in [2.24, 2.45) is 0 Å². The molecule has 0 nitrogen and oxygen atoms in total. The van der Waals surface area contributed by atoms with Crippen molar-refractivity contribution in [3.8, 4) is 0 Å². The Balaban J connectivity index is 2.18. The molecule has 0 bridgehead atoms. The van der Waals surface area contributed by atoms with Gasteiger partial charge in [0.2, 0.25) is 0 Å². The van der Waals surface area contributed by atoms with E-state index < -0.39 is 0 Å². The Labute approximate surface area is 42.3 Å². The third-order valence-electron chi connectivity index (χ3n) is 1.24. The Hall–Kier alpha value is 0.350. The molecule has 1 fully saturated rings. The van der Waals surface area contributed by atoms with Crippen molar-refractivity contribution < 1.29 is 0 Å². The van der Waals surface area contributed by atoms with E-state index in [1.165, 1.54) is 24.3 Å². The standard InChI is InChI=1S/C5H11S/c1-6-4-2-3-5-6/h2-5H2,1H3/q+1. The van der Waals surface area contributed by atoms with E-state index >= 15 is 0 Å². The van der Waals surface area contributed by atoms with E-state index in [1.54, 1.807) is 0 Å². The van der Waals surface area contributed by atoms with Crippen LogP contribution in [-0.2, 0) is 10.9 Å². The van der Waals surface area contributed by atoms with Crippen LogP contribution >= 0.6 is 0 Å². The quantitative estimate of drug-likeness (QED) is 0.402. The van der Waals surface area contributed by atoms with Gasteiger partial charge in [0.05, 0.1) is 6.26 Å². The SMILES string of the molecule is C[S+]1CCCC1. The summed E-state index contributed by atoms with van der Waals surface area (Å²) in [7, 11) is 0.827. The van der Waals surface area contributed by atoms with E-state index in [4.69, 9.17) is 0 Å². The van der Waals surface area contributed by atoms with Gasteiger partial charge in [-0.2, -0.15) is 0 Å². The van der Waals surface area contributed by atoms with Gasteiger partial charge in [-0.25, -0.2) is 0 Å². The van der Waals surface area contributed by atoms with Gasteiger partial charge in [-0.3, -0.25) is 0 Å². The summed E-state index contributed by atoms with van der Waals surface area (Å²) in [5.41, 5.74) is 0. The molecule has 0 aliphatic carbocycles. The summed E-state index contributed by atoms with van der Waals surface area (Å²) >= 11 is 0. The molecular formula is C5H11S+. The minimum Gasteiger partial charge on any atom is -0.0158 e. The summed E-state index contributed by atoms with van der Waals surface area (Å²) in [6.45, 7) is 0. The zero-order valence-corrected chi connectivity index (χ0v) is 5.05. The molecule has 6 heavy (non-hydrogen) atoms. The predicted octanol–water partition coefficient (Wildman–Crippen LogP) is 1.03. The second-order valence-electron chi connectivity index (χ2n) is 1.90. The first-order chi connectivity index (χ1) is 2.89. The van der Waals surface area contributed by atoms with Crippen molar-refractivity contribution in [2.75, 3.05) is 17.8 Å². The number of rotatable bonds is 0. The highest BCUT2D eigenvalue weighted by molar-refractivity contribution is 7.96. The van der Waals surface area contributed by atoms with Crippen molar-refractivity contribution >= 4 is 10.9 Å². The summed E-state index contributed by atoms with van der Waals surface area (Å²) in [5, 5.41) is 0. The smallest absolute Gasteiger partial charge is 0.0158 e. The Morgan fingerprint density at radius 3 is 1.83 bits per heavy atom. The van der Waals surface area contributed by atoms with Crippen LogP contribution in [0.25, 0.3) is 0 Å². The Bertz CT molecular complexity index is 37.2. The minimum absolute atomic E-state index is 0.827. The van der Waals surface area contributed by atoms with Crippen molar-refractivity contribution in [1.82, 2.24) is 0 Å². The van der Waals surface area contributed by atoms with Gasteiger partial charge in [-0.15, -0.1) is 0 Å². The van der Waals surface area contributed by atoms with Gasteiger partial charge in [0, 0.05) is 0 Å². The fourth-order valence-electron chi connectivity index (χ4n) is 0.799. The Morgan fingerprint density at radius 1 is 1.17 bits per heavy atom. The van der Waals surface area contributed by atoms with Crippen LogP contribution in [0.3, 0.4) is 0 Å². The van der Waals surface area contributed by atoms with Gasteiger partial charge < -0.3 is 0 Å². The lowest BCUT2D eigenvalue weighted by Gasteiger charge is -1.81. The van der Waals surface area contributed by atoms with Crippen LogP contribution < -0.4 is 0 Å². The molecule has 0 aromatic carbocycles. The molecule has 0 spiro atoms. The molecule has 1 heterocycles. The van der Waals surface area contributed by atoms with Crippen LogP contribution in [0.15, 0.2) is 0 Å². The van der Waals surface area contributed by atoms with E-state index in [0.717, 1.165) is 10.9 Å². The topological polar surface area (TPSA) is 0 Å². The summed E-state index contributed by atoms with van der Waals surface area (Å²) in [6, 6.07) is 0. The molecule has 0 aromatic rings. The summed E-state index contributed by atoms with van der Waals surface area (Å²) in [4.78, 5) is 0. The first-order valence-electron chi connectivity index (χ1n) is 2.49. The Kier molecular flexibility index (Phi) is 1.41. The molecule has 36 valence electrons. The van der Waals surface area contributed by atoms with E-state index in [2.05, 4.69) is 6.26 Å². The molecule has 0 radical (unpaired) electrons. The molecule has 0 unspecified atom stereocenters. The van der Waals surface area contributed by atoms with E-state index in [1.807, 2.05) is 0 Å². The number of hydrogen-bond donors (Lipinski definition) is 0. The fraction of sp³-hybridized carbons (Fsp3) is 1.00. The highest BCUT2D eigenvalue weighted by Crippen LogP contribution is 2.08. The van der Waals surface area contributed by atoms with E-state index in [9.17, 15) is 0 Å². The van der Waals surface area contributed by atoms with Crippen LogP contribution in [0.1, 0.15) is 12.8 Å². The molecule has 1 rings (SSSR count). The lowest BCUT2D eigenvalue weighted by atomic mass is 10.4. The molecule has 0 atom stereocenters. The van der Waals surface area contributed by atoms with Crippen LogP contribution in [0.2, 0.25) is 0 Å². The molecule has 1 aliphatic heterocycles. The monoisotopic (exact) mass is 103 g/mol. The van der Waals surface area contributed by atoms with Crippen molar-refractivity contribution in [3.05, 3.63) is 0 Å². The first kappa shape index (κ1) is 4.51. The van der Waals surface area contributed by atoms with Gasteiger partial charge in [0.1, 0.15) is 11.5 Å². The zero-order chi connectivity index (χ0) is 4.41. The average molecular weight is 103 g/mol. The van der Waals surface area contributed by atoms with Crippen molar-refractivity contribution in [1.29, 1.82) is 0 Å². The summed E-state index contributed by atoms with van der Waals surface area (Å²) in [5.74, 6) is 3.03. The molecule has 0 saturated carbocycles. The van der Waals surface area contributed by atoms with Crippen molar-refractivity contribution in [3.63, 3.8) is 0 Å². The molecular weight excluding hydrogens is 92.1 g/mol. The maximum absolute atomic E-state index is 2.37. The fourth-order valence-corrected chi connectivity index (χ4v) is 2.40. The van der Waals surface area contributed by atoms with E-state index in [-0.39, 0.29) is 0 Å². The first-order valence-corrected chi connectivity index (χ1v) is 4.46. The molecule has 0 N–H and O–H groups in total. The second-order valence-corrected chi connectivity index (χ2v) is 4.28. The van der Waals surface area contributed by atoms with Crippen LogP contribution in [-0.4, -0.2) is 17.8 Å². The maximum Gasteiger partial charge on any atom is 0.108 e. The van der Waals surface area contributed by atoms with Gasteiger partial charge in [-0.1, -0.05) is 0 Å². The third-order valence-corrected chi connectivity index (χ3v) is 3.21. The van der Waals surface area contributed by atoms with Crippen LogP contribution in [0.4, 0.5) is 0 Å². The largest absolute Gasteiger partial charge is 0.108 e. The summed E-state index contributed by atoms with van der Waals surface area (Å²) < 4.78 is 0. The normalized spacial score (nSPS) is 25.5. The van der Waals surface area contributed by atoms with Gasteiger partial charge >= 0.3 is 0 Å². The highest BCUT2D eigenvalue weighted by atomic mass is 32.2. The minimum atomic E-state index is 0.827. The second kappa shape index (κ2) is 1.87. The van der Waals surface area contributed by atoms with Gasteiger partial charge in [-0.05, 0) is 23.7 Å².